The lowest BCUT2D eigenvalue weighted by molar-refractivity contribution is 0.181. The summed E-state index contributed by atoms with van der Waals surface area (Å²) in [5.41, 5.74) is 0. The first kappa shape index (κ1) is 7.42. The van der Waals surface area contributed by atoms with Crippen LogP contribution in [0.5, 0.6) is 0 Å². The van der Waals surface area contributed by atoms with Gasteiger partial charge < -0.3 is 4.74 Å². The maximum Gasteiger partial charge on any atom is 0.0465 e. The summed E-state index contributed by atoms with van der Waals surface area (Å²) in [7, 11) is 1.78. The van der Waals surface area contributed by atoms with Crippen molar-refractivity contribution < 1.29 is 4.74 Å². The highest BCUT2D eigenvalue weighted by atomic mass is 32.2. The first-order valence-electron chi connectivity index (χ1n) is 3.50. The monoisotopic (exact) mass is 146 g/mol. The summed E-state index contributed by atoms with van der Waals surface area (Å²) in [5, 5.41) is 0. The minimum absolute atomic E-state index is 0.950. The third kappa shape index (κ3) is 2.59. The van der Waals surface area contributed by atoms with Gasteiger partial charge in [0.15, 0.2) is 0 Å². The predicted molar refractivity (Wildman–Crippen MR) is 41.9 cm³/mol. The Balaban J connectivity index is 1.98. The Bertz CT molecular complexity index is 69.3. The molecule has 1 unspecified atom stereocenters. The van der Waals surface area contributed by atoms with Crippen molar-refractivity contribution in [1.29, 1.82) is 0 Å². The zero-order chi connectivity index (χ0) is 6.53. The molecule has 0 N–H and O–H groups in total. The first-order valence-corrected chi connectivity index (χ1v) is 4.65. The fraction of sp³-hybridized carbons (Fsp3) is 1.00. The van der Waals surface area contributed by atoms with Gasteiger partial charge in [-0.05, 0) is 30.3 Å². The van der Waals surface area contributed by atoms with Gasteiger partial charge in [0.1, 0.15) is 0 Å². The molecule has 0 aliphatic carbocycles. The van der Waals surface area contributed by atoms with Crippen LogP contribution in [0.25, 0.3) is 0 Å². The topological polar surface area (TPSA) is 9.23 Å². The summed E-state index contributed by atoms with van der Waals surface area (Å²) < 4.78 is 4.99. The summed E-state index contributed by atoms with van der Waals surface area (Å²) in [4.78, 5) is 0. The van der Waals surface area contributed by atoms with Crippen LogP contribution < -0.4 is 0 Å². The molecule has 1 fully saturated rings. The molecule has 0 radical (unpaired) electrons. The van der Waals surface area contributed by atoms with Gasteiger partial charge in [-0.25, -0.2) is 0 Å². The summed E-state index contributed by atoms with van der Waals surface area (Å²) in [5.74, 6) is 3.69. The predicted octanol–water partition coefficient (Wildman–Crippen LogP) is 1.78. The number of rotatable bonds is 3. The SMILES string of the molecule is COCCC1CCSC1. The molecule has 0 aromatic heterocycles. The van der Waals surface area contributed by atoms with Crippen molar-refractivity contribution >= 4 is 11.8 Å². The Morgan fingerprint density at radius 1 is 1.67 bits per heavy atom. The summed E-state index contributed by atoms with van der Waals surface area (Å²) in [6, 6.07) is 0. The molecule has 0 aromatic carbocycles. The van der Waals surface area contributed by atoms with Gasteiger partial charge >= 0.3 is 0 Å². The second-order valence-corrected chi connectivity index (χ2v) is 3.66. The second kappa shape index (κ2) is 4.18. The highest BCUT2D eigenvalue weighted by molar-refractivity contribution is 7.99. The number of hydrogen-bond donors (Lipinski definition) is 0. The Labute approximate surface area is 61.2 Å². The van der Waals surface area contributed by atoms with Gasteiger partial charge in [-0.15, -0.1) is 0 Å². The molecule has 0 saturated carbocycles. The van der Waals surface area contributed by atoms with Crippen molar-refractivity contribution in [3.8, 4) is 0 Å². The zero-order valence-corrected chi connectivity index (χ0v) is 6.75. The van der Waals surface area contributed by atoms with Crippen molar-refractivity contribution in [1.82, 2.24) is 0 Å². The van der Waals surface area contributed by atoms with E-state index in [0.717, 1.165) is 12.5 Å². The zero-order valence-electron chi connectivity index (χ0n) is 5.93. The molecule has 9 heavy (non-hydrogen) atoms. The van der Waals surface area contributed by atoms with Gasteiger partial charge in [0, 0.05) is 13.7 Å². The third-order valence-corrected chi connectivity index (χ3v) is 2.99. The van der Waals surface area contributed by atoms with Crippen molar-refractivity contribution in [2.45, 2.75) is 12.8 Å². The molecule has 1 saturated heterocycles. The fourth-order valence-electron chi connectivity index (χ4n) is 1.10. The van der Waals surface area contributed by atoms with Crippen molar-refractivity contribution in [3.05, 3.63) is 0 Å². The van der Waals surface area contributed by atoms with Gasteiger partial charge in [-0.2, -0.15) is 11.8 Å². The van der Waals surface area contributed by atoms with Gasteiger partial charge in [0.2, 0.25) is 0 Å². The Kier molecular flexibility index (Phi) is 3.44. The lowest BCUT2D eigenvalue weighted by Crippen LogP contribution is -2.01. The van der Waals surface area contributed by atoms with Gasteiger partial charge in [0.25, 0.3) is 0 Å². The normalized spacial score (nSPS) is 27.0. The average molecular weight is 146 g/mol. The van der Waals surface area contributed by atoms with E-state index in [2.05, 4.69) is 11.8 Å². The van der Waals surface area contributed by atoms with Crippen LogP contribution in [0.15, 0.2) is 0 Å². The minimum atomic E-state index is 0.950. The van der Waals surface area contributed by atoms with E-state index in [0.29, 0.717) is 0 Å². The van der Waals surface area contributed by atoms with Crippen molar-refractivity contribution in [2.24, 2.45) is 5.92 Å². The van der Waals surface area contributed by atoms with E-state index in [1.165, 1.54) is 24.3 Å². The van der Waals surface area contributed by atoms with E-state index >= 15 is 0 Å². The van der Waals surface area contributed by atoms with E-state index in [-0.39, 0.29) is 0 Å². The third-order valence-electron chi connectivity index (χ3n) is 1.75. The van der Waals surface area contributed by atoms with E-state index in [9.17, 15) is 0 Å². The highest BCUT2D eigenvalue weighted by Gasteiger charge is 2.13. The highest BCUT2D eigenvalue weighted by Crippen LogP contribution is 2.25. The van der Waals surface area contributed by atoms with Gasteiger partial charge in [-0.1, -0.05) is 0 Å². The smallest absolute Gasteiger partial charge is 0.0465 e. The Morgan fingerprint density at radius 3 is 3.11 bits per heavy atom. The number of hydrogen-bond acceptors (Lipinski definition) is 2. The molecule has 1 aliphatic rings. The summed E-state index contributed by atoms with van der Waals surface area (Å²) in [6.45, 7) is 0.950. The van der Waals surface area contributed by atoms with E-state index in [1.807, 2.05) is 0 Å². The van der Waals surface area contributed by atoms with Crippen molar-refractivity contribution in [2.75, 3.05) is 25.2 Å². The second-order valence-electron chi connectivity index (χ2n) is 2.51. The molecule has 1 aliphatic heterocycles. The number of methoxy groups -OCH3 is 1. The molecule has 1 atom stereocenters. The van der Waals surface area contributed by atoms with Gasteiger partial charge in [0.05, 0.1) is 0 Å². The van der Waals surface area contributed by atoms with Crippen molar-refractivity contribution in [3.63, 3.8) is 0 Å². The molecule has 0 bridgehead atoms. The maximum absolute atomic E-state index is 4.99. The molecule has 0 aromatic rings. The van der Waals surface area contributed by atoms with Crippen LogP contribution in [0, 0.1) is 5.92 Å². The van der Waals surface area contributed by atoms with Crippen LogP contribution in [-0.2, 0) is 4.74 Å². The van der Waals surface area contributed by atoms with Crippen LogP contribution in [0.1, 0.15) is 12.8 Å². The van der Waals surface area contributed by atoms with Crippen LogP contribution in [0.4, 0.5) is 0 Å². The van der Waals surface area contributed by atoms with Gasteiger partial charge in [-0.3, -0.25) is 0 Å². The molecule has 1 heterocycles. The lowest BCUT2D eigenvalue weighted by Gasteiger charge is -2.04. The van der Waals surface area contributed by atoms with E-state index in [1.54, 1.807) is 7.11 Å². The Hall–Kier alpha value is 0.310. The maximum atomic E-state index is 4.99. The molecule has 1 nitrogen and oxygen atoms in total. The van der Waals surface area contributed by atoms with Crippen LogP contribution >= 0.6 is 11.8 Å². The molecular weight excluding hydrogens is 132 g/mol. The average Bonchev–Trinajstić information content (AvgIpc) is 2.34. The fourth-order valence-corrected chi connectivity index (χ4v) is 2.43. The van der Waals surface area contributed by atoms with E-state index < -0.39 is 0 Å². The summed E-state index contributed by atoms with van der Waals surface area (Å²) >= 11 is 2.08. The molecule has 1 rings (SSSR count). The van der Waals surface area contributed by atoms with Crippen LogP contribution in [0.3, 0.4) is 0 Å². The molecular formula is C7H14OS. The molecule has 0 amide bonds. The largest absolute Gasteiger partial charge is 0.385 e. The van der Waals surface area contributed by atoms with Crippen LogP contribution in [-0.4, -0.2) is 25.2 Å². The quantitative estimate of drug-likeness (QED) is 0.600. The standard InChI is InChI=1S/C7H14OS/c1-8-4-2-7-3-5-9-6-7/h7H,2-6H2,1H3. The molecule has 54 valence electrons. The van der Waals surface area contributed by atoms with Crippen LogP contribution in [0.2, 0.25) is 0 Å². The summed E-state index contributed by atoms with van der Waals surface area (Å²) in [6.07, 6.45) is 2.68. The minimum Gasteiger partial charge on any atom is -0.385 e. The molecule has 2 heteroatoms. The molecule has 0 spiro atoms. The van der Waals surface area contributed by atoms with E-state index in [4.69, 9.17) is 4.74 Å². The first-order chi connectivity index (χ1) is 4.43. The number of ether oxygens (including phenoxy) is 1. The number of thioether (sulfide) groups is 1. The Morgan fingerprint density at radius 2 is 2.56 bits per heavy atom. The lowest BCUT2D eigenvalue weighted by atomic mass is 10.1.